The van der Waals surface area contributed by atoms with Crippen LogP contribution in [0.4, 0.5) is 0 Å². The summed E-state index contributed by atoms with van der Waals surface area (Å²) in [6.45, 7) is 2.23. The van der Waals surface area contributed by atoms with Crippen molar-refractivity contribution in [3.8, 4) is 34.5 Å². The van der Waals surface area contributed by atoms with E-state index in [1.54, 1.807) is 0 Å². The van der Waals surface area contributed by atoms with Gasteiger partial charge in [0.1, 0.15) is 12.2 Å². The lowest BCUT2D eigenvalue weighted by atomic mass is 9.56. The normalized spacial score (nSPS) is 25.6. The van der Waals surface area contributed by atoms with Crippen LogP contribution < -0.4 is 44.4 Å². The topological polar surface area (TPSA) is 219 Å². The molecule has 6 aliphatic carbocycles. The van der Waals surface area contributed by atoms with Crippen LogP contribution in [0.15, 0.2) is 24.3 Å². The van der Waals surface area contributed by atoms with E-state index in [2.05, 4.69) is 16.0 Å². The van der Waals surface area contributed by atoms with Crippen LogP contribution in [-0.2, 0) is 28.7 Å². The zero-order valence-electron chi connectivity index (χ0n) is 41.7. The highest BCUT2D eigenvalue weighted by Crippen LogP contribution is 2.53. The number of carbonyl (C=O) groups excluding carboxylic acids is 6. The third kappa shape index (κ3) is 11.8. The van der Waals surface area contributed by atoms with Crippen molar-refractivity contribution in [2.45, 2.75) is 63.6 Å². The first-order chi connectivity index (χ1) is 33.1. The molecule has 2 aromatic carbocycles. The summed E-state index contributed by atoms with van der Waals surface area (Å²) in [5, 5.41) is 8.77. The smallest absolute Gasteiger partial charge is 0.338 e. The van der Waals surface area contributed by atoms with Crippen molar-refractivity contribution in [2.24, 2.45) is 47.3 Å². The molecule has 0 aromatic heterocycles. The van der Waals surface area contributed by atoms with E-state index in [1.807, 2.05) is 38.0 Å². The maximum Gasteiger partial charge on any atom is 0.338 e. The number of amides is 4. The van der Waals surface area contributed by atoms with Crippen molar-refractivity contribution >= 4 is 35.6 Å². The predicted molar refractivity (Wildman–Crippen MR) is 252 cm³/mol. The summed E-state index contributed by atoms with van der Waals surface area (Å²) in [4.78, 5) is 90.2. The molecule has 0 radical (unpaired) electrons. The molecule has 69 heavy (non-hydrogen) atoms. The highest BCUT2D eigenvalue weighted by molar-refractivity contribution is 6.01. The third-order valence-corrected chi connectivity index (χ3v) is 14.4. The molecule has 6 fully saturated rings. The zero-order chi connectivity index (χ0) is 50.1. The van der Waals surface area contributed by atoms with Gasteiger partial charge in [-0.25, -0.2) is 9.59 Å². The SMILES string of the molecule is COc1cc(C(=O)OC2CC3CCC2C(C(=O)NC(=O)C2C4CCC(CC4OC(=O)c4cc(OC)c(OC)c(OC)c4)C2C(=O)NCCCN(C)C)C3C(=O)NCCCN(C)C)cc(OC)c1OC. The predicted octanol–water partition coefficient (Wildman–Crippen LogP) is 3.59. The number of nitrogens with one attached hydrogen (secondary N) is 3. The van der Waals surface area contributed by atoms with Crippen molar-refractivity contribution in [2.75, 3.05) is 97.0 Å². The summed E-state index contributed by atoms with van der Waals surface area (Å²) in [6, 6.07) is 5.94. The summed E-state index contributed by atoms with van der Waals surface area (Å²) < 4.78 is 45.2. The monoisotopic (exact) mass is 965 g/mol. The number of ether oxygens (including phenoxy) is 8. The number of rotatable bonds is 22. The Bertz CT molecular complexity index is 1980. The molecule has 6 aliphatic rings. The molecule has 10 unspecified atom stereocenters. The van der Waals surface area contributed by atoms with E-state index < -0.39 is 71.5 Å². The lowest BCUT2D eigenvalue weighted by Gasteiger charge is -2.51. The van der Waals surface area contributed by atoms with E-state index in [0.717, 1.165) is 13.1 Å². The summed E-state index contributed by atoms with van der Waals surface area (Å²) >= 11 is 0. The van der Waals surface area contributed by atoms with Gasteiger partial charge >= 0.3 is 11.9 Å². The second kappa shape index (κ2) is 23.7. The Morgan fingerprint density at radius 3 is 1.14 bits per heavy atom. The Morgan fingerprint density at radius 2 is 0.841 bits per heavy atom. The van der Waals surface area contributed by atoms with Crippen LogP contribution >= 0.6 is 0 Å². The number of fused-ring (bicyclic) bond motifs is 6. The third-order valence-electron chi connectivity index (χ3n) is 14.4. The quantitative estimate of drug-likeness (QED) is 0.0873. The second-order valence-electron chi connectivity index (χ2n) is 19.0. The van der Waals surface area contributed by atoms with Gasteiger partial charge in [0.15, 0.2) is 23.0 Å². The molecule has 0 saturated heterocycles. The number of benzene rings is 2. The van der Waals surface area contributed by atoms with Gasteiger partial charge in [-0.1, -0.05) is 0 Å². The molecule has 0 aliphatic heterocycles. The van der Waals surface area contributed by atoms with Crippen LogP contribution in [0.1, 0.15) is 72.1 Å². The van der Waals surface area contributed by atoms with Gasteiger partial charge < -0.3 is 58.3 Å². The average molecular weight is 966 g/mol. The number of nitrogens with zero attached hydrogens (tertiary/aromatic N) is 2. The Labute approximate surface area is 404 Å². The van der Waals surface area contributed by atoms with Gasteiger partial charge in [-0.15, -0.1) is 0 Å². The van der Waals surface area contributed by atoms with Crippen LogP contribution in [0.3, 0.4) is 0 Å². The number of carbonyl (C=O) groups is 6. The highest BCUT2D eigenvalue weighted by Gasteiger charge is 2.58. The standard InChI is InChI=1S/C50H71N5O14/c1-54(2)19-11-17-51-45(56)39-27-13-15-31(33(21-27)68-49(60)29-23-35(62-5)43(66-9)36(24-29)63-6)41(39)47(58)53-48(59)42-32-16-14-28(40(42)46(57)52-18-12-20-55(3)4)22-34(32)69-50(61)30-25-37(64-7)44(67-10)38(26-30)65-8/h23-28,31-34,39-42H,11-22H2,1-10H3,(H,51,56)(H,52,57)(H,53,58,59). The first-order valence-corrected chi connectivity index (χ1v) is 23.8. The fourth-order valence-electron chi connectivity index (χ4n) is 11.2. The first-order valence-electron chi connectivity index (χ1n) is 23.8. The van der Waals surface area contributed by atoms with Crippen LogP contribution in [-0.4, -0.2) is 155 Å². The molecule has 4 amide bonds. The summed E-state index contributed by atoms with van der Waals surface area (Å²) in [7, 11) is 16.4. The summed E-state index contributed by atoms with van der Waals surface area (Å²) in [6.07, 6.45) is 2.60. The van der Waals surface area contributed by atoms with E-state index in [1.165, 1.54) is 66.9 Å². The van der Waals surface area contributed by atoms with Crippen LogP contribution in [0, 0.1) is 47.3 Å². The fourth-order valence-corrected chi connectivity index (χ4v) is 11.2. The van der Waals surface area contributed by atoms with Crippen molar-refractivity contribution in [3.63, 3.8) is 0 Å². The molecule has 3 N–H and O–H groups in total. The van der Waals surface area contributed by atoms with E-state index in [9.17, 15) is 28.8 Å². The van der Waals surface area contributed by atoms with Crippen LogP contribution in [0.25, 0.3) is 0 Å². The van der Waals surface area contributed by atoms with Gasteiger partial charge in [0.05, 0.1) is 77.5 Å². The van der Waals surface area contributed by atoms with Crippen molar-refractivity contribution in [1.29, 1.82) is 0 Å². The van der Waals surface area contributed by atoms with Gasteiger partial charge in [0.2, 0.25) is 35.1 Å². The Morgan fingerprint density at radius 1 is 0.493 bits per heavy atom. The Kier molecular flexibility index (Phi) is 18.0. The lowest BCUT2D eigenvalue weighted by molar-refractivity contribution is -0.162. The number of esters is 2. The molecule has 19 nitrogen and oxygen atoms in total. The largest absolute Gasteiger partial charge is 0.493 e. The maximum absolute atomic E-state index is 15.0. The van der Waals surface area contributed by atoms with E-state index in [0.29, 0.717) is 76.0 Å². The van der Waals surface area contributed by atoms with Crippen molar-refractivity contribution in [3.05, 3.63) is 35.4 Å². The minimum Gasteiger partial charge on any atom is -0.493 e. The van der Waals surface area contributed by atoms with Gasteiger partial charge in [-0.05, 0) is 129 Å². The van der Waals surface area contributed by atoms with Gasteiger partial charge in [0, 0.05) is 24.9 Å². The zero-order valence-corrected chi connectivity index (χ0v) is 41.7. The minimum atomic E-state index is -1.05. The molecule has 8 rings (SSSR count). The number of hydrogen-bond donors (Lipinski definition) is 3. The van der Waals surface area contributed by atoms with E-state index in [4.69, 9.17) is 37.9 Å². The van der Waals surface area contributed by atoms with Crippen molar-refractivity contribution < 1.29 is 66.7 Å². The number of imide groups is 1. The molecular formula is C50H71N5O14. The molecule has 0 heterocycles. The van der Waals surface area contributed by atoms with E-state index >= 15 is 0 Å². The second-order valence-corrected chi connectivity index (χ2v) is 19.0. The lowest BCUT2D eigenvalue weighted by Crippen LogP contribution is -2.61. The molecule has 6 saturated carbocycles. The maximum atomic E-state index is 15.0. The average Bonchev–Trinajstić information content (AvgIpc) is 3.34. The number of hydrogen-bond acceptors (Lipinski definition) is 16. The summed E-state index contributed by atoms with van der Waals surface area (Å²) in [5.41, 5.74) is 0.271. The Balaban J connectivity index is 1.29. The minimum absolute atomic E-state index is 0.135. The molecule has 0 spiro atoms. The molecule has 4 bridgehead atoms. The molecule has 2 aromatic rings. The van der Waals surface area contributed by atoms with Crippen molar-refractivity contribution in [1.82, 2.24) is 25.8 Å². The summed E-state index contributed by atoms with van der Waals surface area (Å²) in [5.74, 6) is -7.45. The molecular weight excluding hydrogens is 895 g/mol. The van der Waals surface area contributed by atoms with Crippen LogP contribution in [0.2, 0.25) is 0 Å². The molecule has 380 valence electrons. The number of methoxy groups -OCH3 is 6. The fraction of sp³-hybridized carbons (Fsp3) is 0.640. The molecule has 10 atom stereocenters. The van der Waals surface area contributed by atoms with Gasteiger partial charge in [-0.3, -0.25) is 24.5 Å². The van der Waals surface area contributed by atoms with E-state index in [-0.39, 0.29) is 57.8 Å². The highest BCUT2D eigenvalue weighted by atomic mass is 16.6. The molecule has 19 heteroatoms. The Hall–Kier alpha value is -5.82. The van der Waals surface area contributed by atoms with Gasteiger partial charge in [0.25, 0.3) is 0 Å². The van der Waals surface area contributed by atoms with Gasteiger partial charge in [-0.2, -0.15) is 0 Å². The first kappa shape index (κ1) is 52.5. The van der Waals surface area contributed by atoms with Crippen LogP contribution in [0.5, 0.6) is 34.5 Å².